The van der Waals surface area contributed by atoms with Crippen molar-refractivity contribution >= 4 is 87.3 Å². The SMILES string of the molecule is CSCCNC(=O)c1cc(NC(=O)C2C(c3cc(Cl)cc(Cl)c3)C2(Cl)Cl)ccc1Cl. The normalized spacial score (nSPS) is 19.3. The van der Waals surface area contributed by atoms with Crippen molar-refractivity contribution in [2.24, 2.45) is 5.92 Å². The average molecular weight is 527 g/mol. The summed E-state index contributed by atoms with van der Waals surface area (Å²) in [6, 6.07) is 9.64. The molecule has 0 bridgehead atoms. The van der Waals surface area contributed by atoms with Gasteiger partial charge in [-0.05, 0) is 48.2 Å². The van der Waals surface area contributed by atoms with Gasteiger partial charge in [0.05, 0.1) is 16.5 Å². The lowest BCUT2D eigenvalue weighted by Crippen LogP contribution is -2.26. The van der Waals surface area contributed by atoms with E-state index in [2.05, 4.69) is 10.6 Å². The second-order valence-electron chi connectivity index (χ2n) is 6.77. The minimum Gasteiger partial charge on any atom is -0.351 e. The van der Waals surface area contributed by atoms with Crippen molar-refractivity contribution in [3.05, 3.63) is 62.6 Å². The highest BCUT2D eigenvalue weighted by Crippen LogP contribution is 2.65. The minimum atomic E-state index is -1.29. The Balaban J connectivity index is 1.74. The van der Waals surface area contributed by atoms with Crippen LogP contribution >= 0.6 is 69.8 Å². The molecule has 0 heterocycles. The molecule has 1 fully saturated rings. The van der Waals surface area contributed by atoms with Crippen LogP contribution in [0.25, 0.3) is 0 Å². The Morgan fingerprint density at radius 3 is 2.37 bits per heavy atom. The predicted octanol–water partition coefficient (Wildman–Crippen LogP) is 6.27. The third kappa shape index (κ3) is 5.32. The highest BCUT2D eigenvalue weighted by atomic mass is 35.5. The van der Waals surface area contributed by atoms with E-state index in [1.54, 1.807) is 42.1 Å². The number of benzene rings is 2. The lowest BCUT2D eigenvalue weighted by Gasteiger charge is -2.10. The van der Waals surface area contributed by atoms with E-state index in [1.165, 1.54) is 6.07 Å². The van der Waals surface area contributed by atoms with Crippen molar-refractivity contribution in [1.82, 2.24) is 5.32 Å². The first-order chi connectivity index (χ1) is 14.1. The van der Waals surface area contributed by atoms with Crippen molar-refractivity contribution in [2.45, 2.75) is 10.3 Å². The molecule has 2 aromatic carbocycles. The van der Waals surface area contributed by atoms with Crippen molar-refractivity contribution in [2.75, 3.05) is 23.9 Å². The van der Waals surface area contributed by atoms with Gasteiger partial charge in [-0.2, -0.15) is 11.8 Å². The highest BCUT2D eigenvalue weighted by molar-refractivity contribution is 7.98. The topological polar surface area (TPSA) is 58.2 Å². The maximum atomic E-state index is 12.8. The van der Waals surface area contributed by atoms with Gasteiger partial charge < -0.3 is 10.6 Å². The van der Waals surface area contributed by atoms with Crippen LogP contribution in [0, 0.1) is 5.92 Å². The van der Waals surface area contributed by atoms with Crippen LogP contribution in [0.3, 0.4) is 0 Å². The molecule has 0 aromatic heterocycles. The molecular weight excluding hydrogens is 510 g/mol. The number of alkyl halides is 2. The average Bonchev–Trinajstić information content (AvgIpc) is 3.25. The molecule has 30 heavy (non-hydrogen) atoms. The number of anilines is 1. The first-order valence-corrected chi connectivity index (χ1v) is 12.1. The van der Waals surface area contributed by atoms with Crippen LogP contribution in [0.4, 0.5) is 5.69 Å². The molecule has 4 nitrogen and oxygen atoms in total. The van der Waals surface area contributed by atoms with E-state index in [-0.39, 0.29) is 22.4 Å². The molecule has 2 aromatic rings. The number of hydrogen-bond acceptors (Lipinski definition) is 3. The number of nitrogens with one attached hydrogen (secondary N) is 2. The maximum Gasteiger partial charge on any atom is 0.252 e. The van der Waals surface area contributed by atoms with Crippen molar-refractivity contribution in [3.8, 4) is 0 Å². The molecule has 0 spiro atoms. The predicted molar refractivity (Wildman–Crippen MR) is 128 cm³/mol. The lowest BCUT2D eigenvalue weighted by molar-refractivity contribution is -0.117. The van der Waals surface area contributed by atoms with Gasteiger partial charge >= 0.3 is 0 Å². The van der Waals surface area contributed by atoms with Gasteiger partial charge in [0.25, 0.3) is 5.91 Å². The zero-order valence-corrected chi connectivity index (χ0v) is 20.2. The van der Waals surface area contributed by atoms with Gasteiger partial charge in [0.15, 0.2) is 0 Å². The van der Waals surface area contributed by atoms with E-state index in [0.717, 1.165) is 5.75 Å². The maximum absolute atomic E-state index is 12.8. The number of rotatable bonds is 7. The summed E-state index contributed by atoms with van der Waals surface area (Å²) >= 11 is 32.6. The van der Waals surface area contributed by atoms with E-state index in [9.17, 15) is 9.59 Å². The van der Waals surface area contributed by atoms with Crippen LogP contribution in [0.2, 0.25) is 15.1 Å². The van der Waals surface area contributed by atoms with Gasteiger partial charge in [-0.3, -0.25) is 9.59 Å². The quantitative estimate of drug-likeness (QED) is 0.330. The van der Waals surface area contributed by atoms with Gasteiger partial charge in [-0.25, -0.2) is 0 Å². The van der Waals surface area contributed by atoms with Crippen molar-refractivity contribution in [3.63, 3.8) is 0 Å². The van der Waals surface area contributed by atoms with E-state index in [4.69, 9.17) is 58.0 Å². The fourth-order valence-electron chi connectivity index (χ4n) is 3.18. The van der Waals surface area contributed by atoms with Crippen LogP contribution in [0.15, 0.2) is 36.4 Å². The number of halogens is 5. The summed E-state index contributed by atoms with van der Waals surface area (Å²) in [5, 5.41) is 6.70. The van der Waals surface area contributed by atoms with Crippen LogP contribution in [0.1, 0.15) is 21.8 Å². The summed E-state index contributed by atoms with van der Waals surface area (Å²) in [6.07, 6.45) is 1.95. The Hall–Kier alpha value is -0.820. The molecule has 0 aliphatic heterocycles. The zero-order chi connectivity index (χ0) is 22.1. The first-order valence-electron chi connectivity index (χ1n) is 8.86. The van der Waals surface area contributed by atoms with Crippen LogP contribution in [-0.4, -0.2) is 34.7 Å². The van der Waals surface area contributed by atoms with Gasteiger partial charge in [0.2, 0.25) is 5.91 Å². The van der Waals surface area contributed by atoms with Crippen LogP contribution < -0.4 is 10.6 Å². The van der Waals surface area contributed by atoms with E-state index >= 15 is 0 Å². The summed E-state index contributed by atoms with van der Waals surface area (Å²) in [4.78, 5) is 25.2. The summed E-state index contributed by atoms with van der Waals surface area (Å²) < 4.78 is -1.29. The molecule has 0 radical (unpaired) electrons. The number of carbonyl (C=O) groups is 2. The highest BCUT2D eigenvalue weighted by Gasteiger charge is 2.67. The Morgan fingerprint density at radius 1 is 1.07 bits per heavy atom. The van der Waals surface area contributed by atoms with Gasteiger partial charge in [-0.15, -0.1) is 23.2 Å². The van der Waals surface area contributed by atoms with Crippen molar-refractivity contribution in [1.29, 1.82) is 0 Å². The summed E-state index contributed by atoms with van der Waals surface area (Å²) in [5.74, 6) is -1.07. The molecule has 1 aliphatic rings. The molecule has 10 heteroatoms. The number of amides is 2. The zero-order valence-electron chi connectivity index (χ0n) is 15.6. The van der Waals surface area contributed by atoms with Crippen LogP contribution in [0.5, 0.6) is 0 Å². The smallest absolute Gasteiger partial charge is 0.252 e. The van der Waals surface area contributed by atoms with Gasteiger partial charge in [0, 0.05) is 33.9 Å². The number of hydrogen-bond donors (Lipinski definition) is 2. The fourth-order valence-corrected chi connectivity index (χ4v) is 5.06. The van der Waals surface area contributed by atoms with Crippen LogP contribution in [-0.2, 0) is 4.79 Å². The molecule has 2 unspecified atom stereocenters. The van der Waals surface area contributed by atoms with E-state index in [0.29, 0.717) is 27.8 Å². The summed E-state index contributed by atoms with van der Waals surface area (Å²) in [7, 11) is 0. The van der Waals surface area contributed by atoms with E-state index in [1.807, 2.05) is 6.26 Å². The second kappa shape index (κ2) is 9.76. The Labute approximate surface area is 203 Å². The second-order valence-corrected chi connectivity index (χ2v) is 10.5. The van der Waals surface area contributed by atoms with Gasteiger partial charge in [-0.1, -0.05) is 34.8 Å². The van der Waals surface area contributed by atoms with E-state index < -0.39 is 16.2 Å². The third-order valence-corrected chi connectivity index (χ3v) is 6.97. The Kier molecular flexibility index (Phi) is 7.76. The molecule has 160 valence electrons. The molecule has 0 saturated heterocycles. The number of thioether (sulfide) groups is 1. The molecule has 2 amide bonds. The summed E-state index contributed by atoms with van der Waals surface area (Å²) in [6.45, 7) is 0.514. The molecular formula is C20H17Cl5N2O2S. The Morgan fingerprint density at radius 2 is 1.73 bits per heavy atom. The van der Waals surface area contributed by atoms with Gasteiger partial charge in [0.1, 0.15) is 4.33 Å². The molecule has 1 saturated carbocycles. The largest absolute Gasteiger partial charge is 0.351 e. The molecule has 3 rings (SSSR count). The molecule has 2 atom stereocenters. The lowest BCUT2D eigenvalue weighted by atomic mass is 10.1. The Bertz CT molecular complexity index is 965. The first kappa shape index (κ1) is 23.8. The molecule has 1 aliphatic carbocycles. The number of carbonyl (C=O) groups excluding carboxylic acids is 2. The monoisotopic (exact) mass is 524 g/mol. The third-order valence-electron chi connectivity index (χ3n) is 4.65. The summed E-state index contributed by atoms with van der Waals surface area (Å²) in [5.41, 5.74) is 1.37. The standard InChI is InChI=1S/C20H17Cl5N2O2S/c1-30-5-4-26-18(28)14-9-13(2-3-15(14)23)27-19(29)17-16(20(17,24)25)10-6-11(21)8-12(22)7-10/h2-3,6-9,16-17H,4-5H2,1H3,(H,26,28)(H,27,29). The minimum absolute atomic E-state index is 0.271. The molecule has 2 N–H and O–H groups in total. The van der Waals surface area contributed by atoms with Crippen molar-refractivity contribution < 1.29 is 9.59 Å². The fraction of sp³-hybridized carbons (Fsp3) is 0.300.